The third kappa shape index (κ3) is 10.2. The Morgan fingerprint density at radius 3 is 2.60 bits per heavy atom. The quantitative estimate of drug-likeness (QED) is 0.460. The Bertz CT molecular complexity index is 255. The maximum absolute atomic E-state index is 8.65. The largest absolute Gasteiger partial charge is 0.396 e. The van der Waals surface area contributed by atoms with Crippen molar-refractivity contribution in [2.75, 3.05) is 19.8 Å². The third-order valence-corrected chi connectivity index (χ3v) is 3.36. The second-order valence-corrected chi connectivity index (χ2v) is 5.21. The Labute approximate surface area is 123 Å². The van der Waals surface area contributed by atoms with Gasteiger partial charge >= 0.3 is 0 Å². The molecule has 1 aliphatic heterocycles. The first-order valence-corrected chi connectivity index (χ1v) is 8.07. The molecule has 0 aromatic rings. The Kier molecular flexibility index (Phi) is 11.6. The molecule has 1 heterocycles. The first-order chi connectivity index (χ1) is 9.93. The van der Waals surface area contributed by atoms with Crippen molar-refractivity contribution in [1.82, 2.24) is 0 Å². The number of aliphatic hydroxyl groups is 1. The Balaban J connectivity index is 1.85. The van der Waals surface area contributed by atoms with Crippen molar-refractivity contribution in [1.29, 1.82) is 0 Å². The molecule has 116 valence electrons. The van der Waals surface area contributed by atoms with Crippen molar-refractivity contribution >= 4 is 0 Å². The van der Waals surface area contributed by atoms with Crippen LogP contribution in [0.1, 0.15) is 57.8 Å². The zero-order valence-electron chi connectivity index (χ0n) is 12.6. The van der Waals surface area contributed by atoms with Gasteiger partial charge in [0, 0.05) is 13.2 Å². The summed E-state index contributed by atoms with van der Waals surface area (Å²) in [7, 11) is 0. The molecule has 1 saturated heterocycles. The van der Waals surface area contributed by atoms with Crippen LogP contribution in [-0.4, -0.2) is 31.2 Å². The van der Waals surface area contributed by atoms with Crippen molar-refractivity contribution in [3.05, 3.63) is 24.3 Å². The zero-order chi connectivity index (χ0) is 14.3. The van der Waals surface area contributed by atoms with Crippen LogP contribution in [0.15, 0.2) is 24.3 Å². The highest BCUT2D eigenvalue weighted by Gasteiger charge is 2.12. The summed E-state index contributed by atoms with van der Waals surface area (Å²) in [6.45, 7) is 1.93. The molecule has 0 aliphatic carbocycles. The topological polar surface area (TPSA) is 38.7 Å². The molecule has 0 amide bonds. The Morgan fingerprint density at radius 1 is 1.00 bits per heavy atom. The van der Waals surface area contributed by atoms with E-state index in [4.69, 9.17) is 14.6 Å². The van der Waals surface area contributed by atoms with Crippen LogP contribution in [0.5, 0.6) is 0 Å². The highest BCUT2D eigenvalue weighted by Crippen LogP contribution is 2.13. The fourth-order valence-corrected chi connectivity index (χ4v) is 2.17. The van der Waals surface area contributed by atoms with Gasteiger partial charge in [-0.1, -0.05) is 30.7 Å². The Hall–Kier alpha value is -0.640. The van der Waals surface area contributed by atoms with Gasteiger partial charge in [0.1, 0.15) is 0 Å². The van der Waals surface area contributed by atoms with Crippen LogP contribution < -0.4 is 0 Å². The molecular formula is C17H30O3. The van der Waals surface area contributed by atoms with E-state index in [2.05, 4.69) is 24.3 Å². The number of aliphatic hydroxyl groups excluding tert-OH is 1. The molecule has 1 N–H and O–H groups in total. The van der Waals surface area contributed by atoms with Gasteiger partial charge < -0.3 is 14.6 Å². The van der Waals surface area contributed by atoms with Crippen LogP contribution in [-0.2, 0) is 9.47 Å². The van der Waals surface area contributed by atoms with Crippen LogP contribution in [0.4, 0.5) is 0 Å². The molecule has 0 saturated carbocycles. The van der Waals surface area contributed by atoms with E-state index in [0.29, 0.717) is 6.61 Å². The van der Waals surface area contributed by atoms with Crippen molar-refractivity contribution < 1.29 is 14.6 Å². The van der Waals surface area contributed by atoms with Gasteiger partial charge in [-0.2, -0.15) is 0 Å². The Morgan fingerprint density at radius 2 is 1.85 bits per heavy atom. The van der Waals surface area contributed by atoms with E-state index in [0.717, 1.165) is 51.7 Å². The van der Waals surface area contributed by atoms with E-state index in [1.807, 2.05) is 0 Å². The fraction of sp³-hybridized carbons (Fsp3) is 0.765. The van der Waals surface area contributed by atoms with E-state index in [-0.39, 0.29) is 6.29 Å². The lowest BCUT2D eigenvalue weighted by atomic mass is 10.2. The molecule has 1 aliphatic rings. The number of ether oxygens (including phenoxy) is 2. The third-order valence-electron chi connectivity index (χ3n) is 3.36. The molecule has 1 unspecified atom stereocenters. The zero-order valence-corrected chi connectivity index (χ0v) is 12.6. The minimum atomic E-state index is 0.0379. The molecule has 0 aromatic carbocycles. The van der Waals surface area contributed by atoms with E-state index in [1.165, 1.54) is 19.3 Å². The van der Waals surface area contributed by atoms with Crippen molar-refractivity contribution in [3.8, 4) is 0 Å². The van der Waals surface area contributed by atoms with Gasteiger partial charge in [0.05, 0.1) is 6.61 Å². The molecule has 0 aromatic heterocycles. The van der Waals surface area contributed by atoms with E-state index < -0.39 is 0 Å². The standard InChI is InChI=1S/C17H30O3/c18-14-10-7-5-3-1-2-4-6-8-11-15-19-17-13-9-12-16-20-17/h1-2,6,8,17-18H,3-5,7,9-16H2/b2-1-,8-6-. The molecule has 1 fully saturated rings. The van der Waals surface area contributed by atoms with Gasteiger partial charge in [-0.15, -0.1) is 0 Å². The molecule has 20 heavy (non-hydrogen) atoms. The van der Waals surface area contributed by atoms with Gasteiger partial charge in [-0.05, 0) is 51.4 Å². The predicted octanol–water partition coefficient (Wildman–Crippen LogP) is 3.97. The van der Waals surface area contributed by atoms with Gasteiger partial charge in [-0.3, -0.25) is 0 Å². The van der Waals surface area contributed by atoms with Crippen molar-refractivity contribution in [2.45, 2.75) is 64.1 Å². The maximum atomic E-state index is 8.65. The number of hydrogen-bond acceptors (Lipinski definition) is 3. The molecule has 1 rings (SSSR count). The lowest BCUT2D eigenvalue weighted by molar-refractivity contribution is -0.161. The molecule has 0 radical (unpaired) electrons. The van der Waals surface area contributed by atoms with Gasteiger partial charge in [0.15, 0.2) is 6.29 Å². The van der Waals surface area contributed by atoms with E-state index in [9.17, 15) is 0 Å². The van der Waals surface area contributed by atoms with Crippen molar-refractivity contribution in [2.24, 2.45) is 0 Å². The molecular weight excluding hydrogens is 252 g/mol. The summed E-state index contributed by atoms with van der Waals surface area (Å²) in [5.74, 6) is 0. The number of hydrogen-bond donors (Lipinski definition) is 1. The molecule has 3 heteroatoms. The highest BCUT2D eigenvalue weighted by atomic mass is 16.7. The summed E-state index contributed by atoms with van der Waals surface area (Å²) in [5.41, 5.74) is 0. The van der Waals surface area contributed by atoms with E-state index in [1.54, 1.807) is 0 Å². The summed E-state index contributed by atoms with van der Waals surface area (Å²) in [5, 5.41) is 8.65. The second kappa shape index (κ2) is 13.3. The molecule has 3 nitrogen and oxygen atoms in total. The first kappa shape index (κ1) is 17.4. The highest BCUT2D eigenvalue weighted by molar-refractivity contribution is 4.92. The minimum absolute atomic E-state index is 0.0379. The SMILES string of the molecule is OCCCCC/C=C\C/C=C\CCOC1CCCCO1. The lowest BCUT2D eigenvalue weighted by Gasteiger charge is -2.22. The van der Waals surface area contributed by atoms with Crippen LogP contribution in [0, 0.1) is 0 Å². The molecule has 0 bridgehead atoms. The monoisotopic (exact) mass is 282 g/mol. The normalized spacial score (nSPS) is 20.1. The average Bonchev–Trinajstić information content (AvgIpc) is 2.49. The molecule has 0 spiro atoms. The van der Waals surface area contributed by atoms with Gasteiger partial charge in [0.25, 0.3) is 0 Å². The van der Waals surface area contributed by atoms with Crippen LogP contribution in [0.25, 0.3) is 0 Å². The summed E-state index contributed by atoms with van der Waals surface area (Å²) in [6.07, 6.45) is 18.6. The molecule has 1 atom stereocenters. The van der Waals surface area contributed by atoms with Crippen LogP contribution in [0.3, 0.4) is 0 Å². The summed E-state index contributed by atoms with van der Waals surface area (Å²) in [6, 6.07) is 0. The van der Waals surface area contributed by atoms with Crippen LogP contribution in [0.2, 0.25) is 0 Å². The maximum Gasteiger partial charge on any atom is 0.157 e. The van der Waals surface area contributed by atoms with Crippen LogP contribution >= 0.6 is 0 Å². The number of rotatable bonds is 11. The van der Waals surface area contributed by atoms with Gasteiger partial charge in [-0.25, -0.2) is 0 Å². The average molecular weight is 282 g/mol. The fourth-order valence-electron chi connectivity index (χ4n) is 2.17. The smallest absolute Gasteiger partial charge is 0.157 e. The van der Waals surface area contributed by atoms with Crippen molar-refractivity contribution in [3.63, 3.8) is 0 Å². The van der Waals surface area contributed by atoms with E-state index >= 15 is 0 Å². The van der Waals surface area contributed by atoms with Gasteiger partial charge in [0.2, 0.25) is 0 Å². The lowest BCUT2D eigenvalue weighted by Crippen LogP contribution is -2.22. The summed E-state index contributed by atoms with van der Waals surface area (Å²) >= 11 is 0. The number of unbranched alkanes of at least 4 members (excludes halogenated alkanes) is 3. The minimum Gasteiger partial charge on any atom is -0.396 e. The summed E-state index contributed by atoms with van der Waals surface area (Å²) in [4.78, 5) is 0. The predicted molar refractivity (Wildman–Crippen MR) is 82.6 cm³/mol. The number of allylic oxidation sites excluding steroid dienone is 3. The summed E-state index contributed by atoms with van der Waals surface area (Å²) < 4.78 is 11.2. The second-order valence-electron chi connectivity index (χ2n) is 5.21. The first-order valence-electron chi connectivity index (χ1n) is 8.07.